The van der Waals surface area contributed by atoms with Crippen LogP contribution >= 0.6 is 0 Å². The third kappa shape index (κ3) is 3.87. The Morgan fingerprint density at radius 3 is 2.50 bits per heavy atom. The van der Waals surface area contributed by atoms with Crippen molar-refractivity contribution in [3.63, 3.8) is 0 Å². The van der Waals surface area contributed by atoms with Crippen LogP contribution in [0.1, 0.15) is 5.56 Å². The van der Waals surface area contributed by atoms with Gasteiger partial charge in [-0.25, -0.2) is 5.43 Å². The molecule has 0 spiro atoms. The highest BCUT2D eigenvalue weighted by atomic mass is 16.5. The number of hydrogen-bond donors (Lipinski definition) is 2. The quantitative estimate of drug-likeness (QED) is 0.433. The minimum Gasteiger partial charge on any atom is -0.496 e. The first-order chi connectivity index (χ1) is 12.7. The molecular formula is C20H17N3O3. The molecule has 2 N–H and O–H groups in total. The van der Waals surface area contributed by atoms with Crippen molar-refractivity contribution in [2.75, 3.05) is 12.4 Å². The van der Waals surface area contributed by atoms with Gasteiger partial charge in [0.15, 0.2) is 0 Å². The predicted octanol–water partition coefficient (Wildman–Crippen LogP) is 2.94. The molecular weight excluding hydrogens is 330 g/mol. The molecule has 26 heavy (non-hydrogen) atoms. The van der Waals surface area contributed by atoms with E-state index in [1.807, 2.05) is 48.5 Å². The summed E-state index contributed by atoms with van der Waals surface area (Å²) in [7, 11) is 1.54. The number of ether oxygens (including phenoxy) is 1. The summed E-state index contributed by atoms with van der Waals surface area (Å²) in [6.07, 6.45) is 1.42. The van der Waals surface area contributed by atoms with Crippen molar-refractivity contribution in [1.29, 1.82) is 0 Å². The Morgan fingerprint density at radius 2 is 1.65 bits per heavy atom. The summed E-state index contributed by atoms with van der Waals surface area (Å²) in [6.45, 7) is 0. The number of amides is 2. The van der Waals surface area contributed by atoms with Crippen LogP contribution in [0.4, 0.5) is 5.69 Å². The second-order valence-corrected chi connectivity index (χ2v) is 5.42. The second-order valence-electron chi connectivity index (χ2n) is 5.42. The van der Waals surface area contributed by atoms with Gasteiger partial charge in [0.2, 0.25) is 0 Å². The van der Waals surface area contributed by atoms with Gasteiger partial charge in [-0.3, -0.25) is 9.59 Å². The summed E-state index contributed by atoms with van der Waals surface area (Å²) >= 11 is 0. The molecule has 0 aromatic heterocycles. The molecule has 0 aliphatic heterocycles. The highest BCUT2D eigenvalue weighted by Crippen LogP contribution is 2.22. The summed E-state index contributed by atoms with van der Waals surface area (Å²) in [4.78, 5) is 24.1. The number of fused-ring (bicyclic) bond motifs is 1. The van der Waals surface area contributed by atoms with E-state index in [0.29, 0.717) is 17.0 Å². The zero-order chi connectivity index (χ0) is 18.4. The summed E-state index contributed by atoms with van der Waals surface area (Å²) in [5, 5.41) is 8.24. The van der Waals surface area contributed by atoms with Gasteiger partial charge in [-0.2, -0.15) is 5.10 Å². The maximum absolute atomic E-state index is 12.1. The molecule has 3 rings (SSSR count). The first-order valence-corrected chi connectivity index (χ1v) is 7.94. The number of hydrazone groups is 1. The molecule has 6 heteroatoms. The van der Waals surface area contributed by atoms with Crippen LogP contribution in [0.15, 0.2) is 71.8 Å². The summed E-state index contributed by atoms with van der Waals surface area (Å²) in [6, 6.07) is 20.3. The lowest BCUT2D eigenvalue weighted by molar-refractivity contribution is -0.136. The standard InChI is InChI=1S/C20H17N3O3/c1-26-18-12-5-3-8-15(18)13-21-23-20(25)19(24)22-17-11-6-9-14-7-2-4-10-16(14)17/h2-13H,1H3,(H,22,24)(H,23,25). The van der Waals surface area contributed by atoms with Gasteiger partial charge >= 0.3 is 11.8 Å². The molecule has 0 saturated carbocycles. The van der Waals surface area contributed by atoms with Crippen molar-refractivity contribution in [1.82, 2.24) is 5.43 Å². The molecule has 0 atom stereocenters. The van der Waals surface area contributed by atoms with E-state index in [0.717, 1.165) is 10.8 Å². The Kier molecular flexibility index (Phi) is 5.24. The molecule has 130 valence electrons. The number of para-hydroxylation sites is 1. The van der Waals surface area contributed by atoms with Crippen molar-refractivity contribution in [3.05, 3.63) is 72.3 Å². The minimum atomic E-state index is -0.857. The molecule has 0 bridgehead atoms. The highest BCUT2D eigenvalue weighted by Gasteiger charge is 2.14. The Morgan fingerprint density at radius 1 is 0.923 bits per heavy atom. The molecule has 3 aromatic carbocycles. The number of methoxy groups -OCH3 is 1. The number of carbonyl (C=O) groups excluding carboxylic acids is 2. The fraction of sp³-hybridized carbons (Fsp3) is 0.0500. The monoisotopic (exact) mass is 347 g/mol. The minimum absolute atomic E-state index is 0.567. The molecule has 0 fully saturated rings. The lowest BCUT2D eigenvalue weighted by Gasteiger charge is -2.07. The molecule has 6 nitrogen and oxygen atoms in total. The maximum atomic E-state index is 12.1. The van der Waals surface area contributed by atoms with Crippen molar-refractivity contribution < 1.29 is 14.3 Å². The SMILES string of the molecule is COc1ccccc1C=NNC(=O)C(=O)Nc1cccc2ccccc12. The Bertz CT molecular complexity index is 977. The van der Waals surface area contributed by atoms with Crippen LogP contribution in [0, 0.1) is 0 Å². The van der Waals surface area contributed by atoms with E-state index in [2.05, 4.69) is 15.8 Å². The second kappa shape index (κ2) is 7.94. The van der Waals surface area contributed by atoms with Crippen LogP contribution in [0.25, 0.3) is 10.8 Å². The van der Waals surface area contributed by atoms with Gasteiger partial charge in [-0.05, 0) is 23.6 Å². The van der Waals surface area contributed by atoms with Crippen molar-refractivity contribution in [2.24, 2.45) is 5.10 Å². The topological polar surface area (TPSA) is 79.8 Å². The fourth-order valence-electron chi connectivity index (χ4n) is 2.50. The first-order valence-electron chi connectivity index (χ1n) is 7.94. The third-order valence-corrected chi connectivity index (χ3v) is 3.75. The third-order valence-electron chi connectivity index (χ3n) is 3.75. The maximum Gasteiger partial charge on any atom is 0.329 e. The van der Waals surface area contributed by atoms with Crippen molar-refractivity contribution >= 4 is 34.5 Å². The zero-order valence-corrected chi connectivity index (χ0v) is 14.1. The average molecular weight is 347 g/mol. The Balaban J connectivity index is 1.66. The van der Waals surface area contributed by atoms with Gasteiger partial charge in [0.05, 0.1) is 13.3 Å². The number of carbonyl (C=O) groups is 2. The molecule has 0 heterocycles. The van der Waals surface area contributed by atoms with Crippen LogP contribution in [-0.4, -0.2) is 25.1 Å². The highest BCUT2D eigenvalue weighted by molar-refractivity contribution is 6.40. The number of nitrogens with zero attached hydrogens (tertiary/aromatic N) is 1. The number of nitrogens with one attached hydrogen (secondary N) is 2. The largest absolute Gasteiger partial charge is 0.496 e. The lowest BCUT2D eigenvalue weighted by atomic mass is 10.1. The van der Waals surface area contributed by atoms with E-state index in [1.165, 1.54) is 6.21 Å². The Hall–Kier alpha value is -3.67. The first kappa shape index (κ1) is 17.2. The van der Waals surface area contributed by atoms with Crippen LogP contribution in [0.5, 0.6) is 5.75 Å². The van der Waals surface area contributed by atoms with Crippen LogP contribution in [0.3, 0.4) is 0 Å². The molecule has 0 unspecified atom stereocenters. The van der Waals surface area contributed by atoms with Gasteiger partial charge in [0.25, 0.3) is 0 Å². The average Bonchev–Trinajstić information content (AvgIpc) is 2.68. The molecule has 0 radical (unpaired) electrons. The van der Waals surface area contributed by atoms with E-state index in [9.17, 15) is 9.59 Å². The van der Waals surface area contributed by atoms with Crippen LogP contribution < -0.4 is 15.5 Å². The summed E-state index contributed by atoms with van der Waals surface area (Å²) < 4.78 is 5.19. The van der Waals surface area contributed by atoms with E-state index in [1.54, 1.807) is 25.3 Å². The van der Waals surface area contributed by atoms with Crippen molar-refractivity contribution in [2.45, 2.75) is 0 Å². The van der Waals surface area contributed by atoms with E-state index in [4.69, 9.17) is 4.74 Å². The predicted molar refractivity (Wildman–Crippen MR) is 101 cm³/mol. The number of rotatable bonds is 4. The van der Waals surface area contributed by atoms with Gasteiger partial charge in [0, 0.05) is 16.6 Å². The van der Waals surface area contributed by atoms with E-state index >= 15 is 0 Å². The molecule has 0 aliphatic rings. The molecule has 3 aromatic rings. The summed E-state index contributed by atoms with van der Waals surface area (Å²) in [5.74, 6) is -1.03. The molecule has 0 saturated heterocycles. The fourth-order valence-corrected chi connectivity index (χ4v) is 2.50. The van der Waals surface area contributed by atoms with Crippen molar-refractivity contribution in [3.8, 4) is 5.75 Å². The smallest absolute Gasteiger partial charge is 0.329 e. The van der Waals surface area contributed by atoms with E-state index < -0.39 is 11.8 Å². The zero-order valence-electron chi connectivity index (χ0n) is 14.1. The normalized spacial score (nSPS) is 10.7. The summed E-state index contributed by atoms with van der Waals surface area (Å²) in [5.41, 5.74) is 3.47. The molecule has 0 aliphatic carbocycles. The van der Waals surface area contributed by atoms with E-state index in [-0.39, 0.29) is 0 Å². The number of hydrogen-bond acceptors (Lipinski definition) is 4. The van der Waals surface area contributed by atoms with Crippen LogP contribution in [0.2, 0.25) is 0 Å². The van der Waals surface area contributed by atoms with Crippen LogP contribution in [-0.2, 0) is 9.59 Å². The Labute approximate surface area is 150 Å². The van der Waals surface area contributed by atoms with Gasteiger partial charge < -0.3 is 10.1 Å². The van der Waals surface area contributed by atoms with Gasteiger partial charge in [-0.1, -0.05) is 48.5 Å². The number of anilines is 1. The number of benzene rings is 3. The molecule has 2 amide bonds. The van der Waals surface area contributed by atoms with Gasteiger partial charge in [0.1, 0.15) is 5.75 Å². The van der Waals surface area contributed by atoms with Gasteiger partial charge in [-0.15, -0.1) is 0 Å². The lowest BCUT2D eigenvalue weighted by Crippen LogP contribution is -2.32.